The van der Waals surface area contributed by atoms with Crippen LogP contribution in [0.15, 0.2) is 46.8 Å². The van der Waals surface area contributed by atoms with Gasteiger partial charge in [0.1, 0.15) is 5.82 Å². The molecule has 21 heavy (non-hydrogen) atoms. The second-order valence-corrected chi connectivity index (χ2v) is 6.60. The first kappa shape index (κ1) is 14.0. The van der Waals surface area contributed by atoms with E-state index in [1.165, 1.54) is 23.9 Å². The second-order valence-electron chi connectivity index (χ2n) is 4.34. The molecular weight excluding hydrogens is 309 g/mol. The smallest absolute Gasteiger partial charge is 0.335 e. The third-order valence-electron chi connectivity index (χ3n) is 2.92. The molecule has 0 aliphatic rings. The van der Waals surface area contributed by atoms with E-state index in [1.807, 2.05) is 24.3 Å². The first-order valence-corrected chi connectivity index (χ1v) is 7.94. The van der Waals surface area contributed by atoms with Gasteiger partial charge < -0.3 is 5.11 Å². The maximum atomic E-state index is 13.3. The van der Waals surface area contributed by atoms with Gasteiger partial charge >= 0.3 is 5.97 Å². The number of para-hydroxylation sites is 1. The highest BCUT2D eigenvalue weighted by atomic mass is 32.2. The van der Waals surface area contributed by atoms with Crippen LogP contribution >= 0.6 is 23.1 Å². The van der Waals surface area contributed by atoms with Crippen LogP contribution in [0.3, 0.4) is 0 Å². The number of benzene rings is 2. The molecule has 0 saturated carbocycles. The van der Waals surface area contributed by atoms with Crippen molar-refractivity contribution in [1.82, 2.24) is 4.98 Å². The van der Waals surface area contributed by atoms with E-state index in [2.05, 4.69) is 4.98 Å². The maximum absolute atomic E-state index is 13.3. The summed E-state index contributed by atoms with van der Waals surface area (Å²) in [7, 11) is 0. The lowest BCUT2D eigenvalue weighted by molar-refractivity contribution is 0.0696. The number of thioether (sulfide) groups is 1. The van der Waals surface area contributed by atoms with Crippen molar-refractivity contribution >= 4 is 39.3 Å². The molecule has 3 nitrogen and oxygen atoms in total. The van der Waals surface area contributed by atoms with E-state index in [4.69, 9.17) is 5.11 Å². The molecule has 1 heterocycles. The molecule has 1 aromatic heterocycles. The lowest BCUT2D eigenvalue weighted by Crippen LogP contribution is -2.02. The lowest BCUT2D eigenvalue weighted by Gasteiger charge is -2.04. The summed E-state index contributed by atoms with van der Waals surface area (Å²) in [5, 5.41) is 9.12. The first-order chi connectivity index (χ1) is 10.1. The average molecular weight is 319 g/mol. The monoisotopic (exact) mass is 319 g/mol. The van der Waals surface area contributed by atoms with E-state index in [-0.39, 0.29) is 5.56 Å². The normalized spacial score (nSPS) is 10.9. The topological polar surface area (TPSA) is 50.2 Å². The predicted octanol–water partition coefficient (Wildman–Crippen LogP) is 4.43. The SMILES string of the molecule is O=C(O)c1ccc(F)cc1CSc1nc2ccccc2s1. The Labute approximate surface area is 128 Å². The van der Waals surface area contributed by atoms with Crippen LogP contribution in [0.4, 0.5) is 4.39 Å². The number of fused-ring (bicyclic) bond motifs is 1. The molecule has 106 valence electrons. The summed E-state index contributed by atoms with van der Waals surface area (Å²) in [5.41, 5.74) is 1.51. The maximum Gasteiger partial charge on any atom is 0.335 e. The molecule has 6 heteroatoms. The van der Waals surface area contributed by atoms with Gasteiger partial charge in [-0.3, -0.25) is 0 Å². The molecule has 0 spiro atoms. The largest absolute Gasteiger partial charge is 0.478 e. The number of nitrogens with zero attached hydrogens (tertiary/aromatic N) is 1. The summed E-state index contributed by atoms with van der Waals surface area (Å²) in [6.45, 7) is 0. The Morgan fingerprint density at radius 2 is 2.10 bits per heavy atom. The zero-order valence-electron chi connectivity index (χ0n) is 10.7. The number of hydrogen-bond donors (Lipinski definition) is 1. The number of halogens is 1. The number of carboxylic acids is 1. The number of carboxylic acid groups (broad SMARTS) is 1. The number of aromatic nitrogens is 1. The quantitative estimate of drug-likeness (QED) is 0.723. The number of aromatic carboxylic acids is 1. The van der Waals surface area contributed by atoms with E-state index in [0.717, 1.165) is 20.6 Å². The number of thiazole rings is 1. The Balaban J connectivity index is 1.84. The zero-order chi connectivity index (χ0) is 14.8. The molecule has 0 atom stereocenters. The Kier molecular flexibility index (Phi) is 3.90. The molecule has 0 amide bonds. The Hall–Kier alpha value is -1.92. The van der Waals surface area contributed by atoms with Crippen LogP contribution in [-0.2, 0) is 5.75 Å². The van der Waals surface area contributed by atoms with Gasteiger partial charge in [-0.15, -0.1) is 11.3 Å². The van der Waals surface area contributed by atoms with Crippen molar-refractivity contribution in [2.75, 3.05) is 0 Å². The number of rotatable bonds is 4. The van der Waals surface area contributed by atoms with E-state index >= 15 is 0 Å². The highest BCUT2D eigenvalue weighted by Gasteiger charge is 2.12. The highest BCUT2D eigenvalue weighted by Crippen LogP contribution is 2.32. The molecule has 0 unspecified atom stereocenters. The average Bonchev–Trinajstić information content (AvgIpc) is 2.87. The van der Waals surface area contributed by atoms with Gasteiger partial charge in [-0.05, 0) is 35.9 Å². The molecular formula is C15H10FNO2S2. The van der Waals surface area contributed by atoms with Crippen molar-refractivity contribution in [3.05, 3.63) is 59.4 Å². The summed E-state index contributed by atoms with van der Waals surface area (Å²) in [6.07, 6.45) is 0. The fourth-order valence-corrected chi connectivity index (χ4v) is 4.00. The molecule has 0 fully saturated rings. The van der Waals surface area contributed by atoms with Crippen LogP contribution in [0.2, 0.25) is 0 Å². The summed E-state index contributed by atoms with van der Waals surface area (Å²) >= 11 is 2.96. The van der Waals surface area contributed by atoms with Crippen molar-refractivity contribution in [2.24, 2.45) is 0 Å². The zero-order valence-corrected chi connectivity index (χ0v) is 12.4. The molecule has 0 bridgehead atoms. The number of hydrogen-bond acceptors (Lipinski definition) is 4. The second kappa shape index (κ2) is 5.83. The van der Waals surface area contributed by atoms with Gasteiger partial charge in [-0.1, -0.05) is 23.9 Å². The Bertz CT molecular complexity index is 783. The van der Waals surface area contributed by atoms with Crippen LogP contribution in [0, 0.1) is 5.82 Å². The summed E-state index contributed by atoms with van der Waals surface area (Å²) in [4.78, 5) is 15.6. The van der Waals surface area contributed by atoms with E-state index in [1.54, 1.807) is 11.3 Å². The van der Waals surface area contributed by atoms with Gasteiger partial charge in [0.2, 0.25) is 0 Å². The standard InChI is InChI=1S/C15H10FNO2S2/c16-10-5-6-11(14(18)19)9(7-10)8-20-15-17-12-3-1-2-4-13(12)21-15/h1-7H,8H2,(H,18,19). The molecule has 1 N–H and O–H groups in total. The van der Waals surface area contributed by atoms with Crippen molar-refractivity contribution in [3.63, 3.8) is 0 Å². The van der Waals surface area contributed by atoms with Crippen LogP contribution in [0.1, 0.15) is 15.9 Å². The van der Waals surface area contributed by atoms with Gasteiger partial charge in [0.15, 0.2) is 4.34 Å². The minimum atomic E-state index is -1.05. The fourth-order valence-electron chi connectivity index (χ4n) is 1.94. The van der Waals surface area contributed by atoms with Crippen molar-refractivity contribution in [3.8, 4) is 0 Å². The third kappa shape index (κ3) is 3.06. The van der Waals surface area contributed by atoms with Crippen molar-refractivity contribution in [2.45, 2.75) is 10.1 Å². The molecule has 0 aliphatic carbocycles. The summed E-state index contributed by atoms with van der Waals surface area (Å²) in [5.74, 6) is -1.10. The van der Waals surface area contributed by atoms with E-state index < -0.39 is 11.8 Å². The van der Waals surface area contributed by atoms with E-state index in [9.17, 15) is 9.18 Å². The summed E-state index contributed by atoms with van der Waals surface area (Å²) in [6, 6.07) is 11.5. The Morgan fingerprint density at radius 3 is 2.86 bits per heavy atom. The minimum absolute atomic E-state index is 0.130. The van der Waals surface area contributed by atoms with E-state index in [0.29, 0.717) is 11.3 Å². The van der Waals surface area contributed by atoms with Crippen molar-refractivity contribution in [1.29, 1.82) is 0 Å². The van der Waals surface area contributed by atoms with Crippen LogP contribution in [0.25, 0.3) is 10.2 Å². The van der Waals surface area contributed by atoms with Crippen molar-refractivity contribution < 1.29 is 14.3 Å². The van der Waals surface area contributed by atoms with Gasteiger partial charge in [0, 0.05) is 5.75 Å². The Morgan fingerprint density at radius 1 is 1.29 bits per heavy atom. The lowest BCUT2D eigenvalue weighted by atomic mass is 10.1. The molecule has 0 aliphatic heterocycles. The third-order valence-corrected chi connectivity index (χ3v) is 5.15. The van der Waals surface area contributed by atoms with Gasteiger partial charge in [-0.2, -0.15) is 0 Å². The molecule has 3 aromatic rings. The molecule has 3 rings (SSSR count). The van der Waals surface area contributed by atoms with Crippen LogP contribution in [-0.4, -0.2) is 16.1 Å². The molecule has 0 saturated heterocycles. The molecule has 0 radical (unpaired) electrons. The fraction of sp³-hybridized carbons (Fsp3) is 0.0667. The minimum Gasteiger partial charge on any atom is -0.478 e. The molecule has 2 aromatic carbocycles. The van der Waals surface area contributed by atoms with Gasteiger partial charge in [0.25, 0.3) is 0 Å². The van der Waals surface area contributed by atoms with Gasteiger partial charge in [-0.25, -0.2) is 14.2 Å². The van der Waals surface area contributed by atoms with Crippen LogP contribution in [0.5, 0.6) is 0 Å². The van der Waals surface area contributed by atoms with Gasteiger partial charge in [0.05, 0.1) is 15.8 Å². The first-order valence-electron chi connectivity index (χ1n) is 6.13. The predicted molar refractivity (Wildman–Crippen MR) is 82.5 cm³/mol. The van der Waals surface area contributed by atoms with Crippen LogP contribution < -0.4 is 0 Å². The number of carbonyl (C=O) groups is 1. The summed E-state index contributed by atoms with van der Waals surface area (Å²) < 4.78 is 15.2. The highest BCUT2D eigenvalue weighted by molar-refractivity contribution is 8.00.